The Balaban J connectivity index is 1.49. The number of aromatic nitrogens is 2. The summed E-state index contributed by atoms with van der Waals surface area (Å²) < 4.78 is 47.6. The number of benzene rings is 3. The van der Waals surface area contributed by atoms with Crippen LogP contribution < -0.4 is 9.46 Å². The zero-order valence-electron chi connectivity index (χ0n) is 18.1. The van der Waals surface area contributed by atoms with Crippen molar-refractivity contribution in [3.05, 3.63) is 90.4 Å². The second-order valence-electron chi connectivity index (χ2n) is 8.35. The van der Waals surface area contributed by atoms with Crippen LogP contribution in [-0.2, 0) is 14.6 Å². The van der Waals surface area contributed by atoms with Crippen LogP contribution in [0, 0.1) is 5.82 Å². The molecule has 1 saturated carbocycles. The molecule has 1 heterocycles. The van der Waals surface area contributed by atoms with E-state index in [4.69, 9.17) is 4.74 Å². The molecule has 33 heavy (non-hydrogen) atoms. The third-order valence-corrected chi connectivity index (χ3v) is 7.90. The fourth-order valence-corrected chi connectivity index (χ4v) is 5.59. The van der Waals surface area contributed by atoms with Crippen molar-refractivity contribution in [1.82, 2.24) is 14.5 Å². The minimum Gasteiger partial charge on any atom is -0.483 e. The minimum atomic E-state index is -3.14. The highest BCUT2D eigenvalue weighted by Gasteiger charge is 2.49. The molecule has 1 aliphatic carbocycles. The lowest BCUT2D eigenvalue weighted by atomic mass is 10.0. The topological polar surface area (TPSA) is 76.4 Å². The standard InChI is InChI=1S/C25H24FN3O3S/c1-17(28-33(30,31)21-14-15-21)25(18-6-3-2-4-7-18)32-24-9-5-8-23-22(24)16-27-29(23)20-12-10-19(26)11-13-20/h2-13,16-17,21,25H,14-15H2,1H3,(H-,28,30,31)/p+1/t17-,25-/m0/s1. The lowest BCUT2D eigenvalue weighted by molar-refractivity contribution is 0.174. The van der Waals surface area contributed by atoms with Gasteiger partial charge in [-0.05, 0) is 53.1 Å². The zero-order valence-corrected chi connectivity index (χ0v) is 18.9. The molecular formula is C25H25FN3O3S+. The van der Waals surface area contributed by atoms with Crippen molar-refractivity contribution in [2.45, 2.75) is 37.2 Å². The molecule has 0 aliphatic heterocycles. The molecule has 170 valence electrons. The van der Waals surface area contributed by atoms with E-state index in [1.807, 2.05) is 55.5 Å². The monoisotopic (exact) mass is 466 g/mol. The lowest BCUT2D eigenvalue weighted by Gasteiger charge is -2.25. The summed E-state index contributed by atoms with van der Waals surface area (Å²) in [6.45, 7) is 1.86. The largest absolute Gasteiger partial charge is 0.483 e. The summed E-state index contributed by atoms with van der Waals surface area (Å²) in [7, 11) is -3.14. The second kappa shape index (κ2) is 8.70. The van der Waals surface area contributed by atoms with Crippen LogP contribution in [0.5, 0.6) is 5.75 Å². The highest BCUT2D eigenvalue weighted by Crippen LogP contribution is 2.35. The summed E-state index contributed by atoms with van der Waals surface area (Å²) in [6, 6.07) is 21.0. The zero-order chi connectivity index (χ0) is 23.0. The molecular weight excluding hydrogens is 441 g/mol. The van der Waals surface area contributed by atoms with Gasteiger partial charge in [-0.2, -0.15) is 9.65 Å². The fraction of sp³-hybridized carbons (Fsp3) is 0.240. The maximum atomic E-state index is 13.4. The first kappa shape index (κ1) is 21.8. The summed E-state index contributed by atoms with van der Waals surface area (Å²) >= 11 is 0. The van der Waals surface area contributed by atoms with Crippen LogP contribution in [0.25, 0.3) is 16.6 Å². The van der Waals surface area contributed by atoms with Crippen LogP contribution in [0.1, 0.15) is 31.4 Å². The van der Waals surface area contributed by atoms with Crippen LogP contribution in [0.15, 0.2) is 79.0 Å². The Morgan fingerprint density at radius 1 is 1.09 bits per heavy atom. The first-order chi connectivity index (χ1) is 15.9. The van der Waals surface area contributed by atoms with Crippen LogP contribution >= 0.6 is 0 Å². The van der Waals surface area contributed by atoms with E-state index in [1.165, 1.54) is 12.1 Å². The van der Waals surface area contributed by atoms with Crippen LogP contribution in [0.4, 0.5) is 4.39 Å². The van der Waals surface area contributed by atoms with E-state index >= 15 is 0 Å². The maximum Gasteiger partial charge on any atom is 0.291 e. The highest BCUT2D eigenvalue weighted by molar-refractivity contribution is 7.96. The summed E-state index contributed by atoms with van der Waals surface area (Å²) in [5.74, 6) is 0.303. The summed E-state index contributed by atoms with van der Waals surface area (Å²) in [5.41, 5.74) is 2.45. The van der Waals surface area contributed by atoms with Crippen molar-refractivity contribution in [3.63, 3.8) is 0 Å². The van der Waals surface area contributed by atoms with E-state index in [1.54, 1.807) is 23.0 Å². The van der Waals surface area contributed by atoms with E-state index in [2.05, 4.69) is 9.82 Å². The number of fused-ring (bicyclic) bond motifs is 1. The van der Waals surface area contributed by atoms with Crippen molar-refractivity contribution < 1.29 is 17.9 Å². The average molecular weight is 467 g/mol. The molecule has 5 rings (SSSR count). The molecule has 0 radical (unpaired) electrons. The Bertz CT molecular complexity index is 1310. The number of nitrogens with zero attached hydrogens (tertiary/aromatic N) is 2. The summed E-state index contributed by atoms with van der Waals surface area (Å²) in [6.07, 6.45) is 2.73. The molecule has 3 aromatic carbocycles. The molecule has 0 amide bonds. The molecule has 0 spiro atoms. The fourth-order valence-electron chi connectivity index (χ4n) is 3.97. The highest BCUT2D eigenvalue weighted by atomic mass is 32.3. The summed E-state index contributed by atoms with van der Waals surface area (Å²) in [4.78, 5) is 0. The van der Waals surface area contributed by atoms with Gasteiger partial charge < -0.3 is 4.74 Å². The first-order valence-corrected chi connectivity index (χ1v) is 12.5. The molecule has 6 nitrogen and oxygen atoms in total. The van der Waals surface area contributed by atoms with Gasteiger partial charge in [0.2, 0.25) is 0 Å². The Morgan fingerprint density at radius 2 is 1.82 bits per heavy atom. The van der Waals surface area contributed by atoms with Gasteiger partial charge in [0, 0.05) is 12.8 Å². The number of halogens is 1. The van der Waals surface area contributed by atoms with E-state index in [0.29, 0.717) is 5.75 Å². The number of nitrogens with one attached hydrogen (secondary N) is 1. The van der Waals surface area contributed by atoms with E-state index in [-0.39, 0.29) is 11.1 Å². The molecule has 8 heteroatoms. The molecule has 4 aromatic rings. The molecule has 1 fully saturated rings. The van der Waals surface area contributed by atoms with Gasteiger partial charge in [0.1, 0.15) is 17.7 Å². The van der Waals surface area contributed by atoms with Crippen molar-refractivity contribution >= 4 is 21.3 Å². The maximum absolute atomic E-state index is 13.4. The number of rotatable bonds is 8. The Kier molecular flexibility index (Phi) is 5.74. The van der Waals surface area contributed by atoms with E-state index in [9.17, 15) is 13.2 Å². The molecule has 3 atom stereocenters. The lowest BCUT2D eigenvalue weighted by Crippen LogP contribution is -2.44. The quantitative estimate of drug-likeness (QED) is 0.345. The van der Waals surface area contributed by atoms with Gasteiger partial charge in [-0.1, -0.05) is 36.4 Å². The van der Waals surface area contributed by atoms with Gasteiger partial charge >= 0.3 is 0 Å². The van der Waals surface area contributed by atoms with Gasteiger partial charge in [0.25, 0.3) is 10.4 Å². The van der Waals surface area contributed by atoms with Crippen molar-refractivity contribution in [3.8, 4) is 11.4 Å². The minimum absolute atomic E-state index is 0.200. The molecule has 1 aromatic heterocycles. The van der Waals surface area contributed by atoms with E-state index < -0.39 is 22.5 Å². The predicted molar refractivity (Wildman–Crippen MR) is 127 cm³/mol. The van der Waals surface area contributed by atoms with Crippen molar-refractivity contribution in [2.75, 3.05) is 0 Å². The van der Waals surface area contributed by atoms with Gasteiger partial charge in [-0.3, -0.25) is 0 Å². The number of hydrogen-bond acceptors (Lipinski definition) is 3. The molecule has 2 N–H and O–H groups in total. The van der Waals surface area contributed by atoms with Gasteiger partial charge in [0.15, 0.2) is 5.25 Å². The van der Waals surface area contributed by atoms with Crippen LogP contribution in [0.3, 0.4) is 0 Å². The van der Waals surface area contributed by atoms with Crippen molar-refractivity contribution in [1.29, 1.82) is 0 Å². The summed E-state index contributed by atoms with van der Waals surface area (Å²) in [5, 5.41) is 5.08. The van der Waals surface area contributed by atoms with Gasteiger partial charge in [-0.25, -0.2) is 9.07 Å². The first-order valence-electron chi connectivity index (χ1n) is 10.9. The third kappa shape index (κ3) is 4.55. The number of ether oxygens (including phenoxy) is 1. The smallest absolute Gasteiger partial charge is 0.291 e. The average Bonchev–Trinajstić information content (AvgIpc) is 3.59. The van der Waals surface area contributed by atoms with Crippen molar-refractivity contribution in [2.24, 2.45) is 0 Å². The molecule has 1 unspecified atom stereocenters. The Morgan fingerprint density at radius 3 is 2.52 bits per heavy atom. The molecule has 0 bridgehead atoms. The predicted octanol–water partition coefficient (Wildman–Crippen LogP) is 5.31. The Hall–Kier alpha value is -3.07. The van der Waals surface area contributed by atoms with Gasteiger partial charge in [-0.15, -0.1) is 4.72 Å². The molecule has 1 aliphatic rings. The second-order valence-corrected chi connectivity index (χ2v) is 10.4. The number of hydrogen-bond donors (Lipinski definition) is 2. The van der Waals surface area contributed by atoms with Crippen LogP contribution in [0.2, 0.25) is 0 Å². The van der Waals surface area contributed by atoms with Crippen LogP contribution in [-0.4, -0.2) is 25.6 Å². The Labute approximate surface area is 192 Å². The third-order valence-electron chi connectivity index (χ3n) is 5.81. The molecule has 0 saturated heterocycles. The SMILES string of the molecule is C[C@H](N[S+](=O)(O)C1CC1)[C@H](Oc1cccc2c1cnn2-c1ccc(F)cc1)c1ccccc1. The normalized spacial score (nSPS) is 17.4. The van der Waals surface area contributed by atoms with E-state index in [0.717, 1.165) is 35.0 Å². The van der Waals surface area contributed by atoms with Gasteiger partial charge in [0.05, 0.1) is 28.8 Å².